The smallest absolute Gasteiger partial charge is 0.245 e. The molecule has 1 fully saturated rings. The molecule has 0 aromatic heterocycles. The highest BCUT2D eigenvalue weighted by Gasteiger charge is 2.27. The maximum atomic E-state index is 12.6. The highest BCUT2D eigenvalue weighted by atomic mass is 32.2. The monoisotopic (exact) mass is 282 g/mol. The summed E-state index contributed by atoms with van der Waals surface area (Å²) in [7, 11) is -3.47. The quantitative estimate of drug-likeness (QED) is 0.831. The summed E-state index contributed by atoms with van der Waals surface area (Å²) in [4.78, 5) is 10.7. The van der Waals surface area contributed by atoms with Gasteiger partial charge in [-0.2, -0.15) is 4.31 Å². The highest BCUT2D eigenvalue weighted by Crippen LogP contribution is 2.26. The zero-order chi connectivity index (χ0) is 13.7. The van der Waals surface area contributed by atoms with Crippen molar-refractivity contribution in [2.24, 2.45) is 0 Å². The van der Waals surface area contributed by atoms with Gasteiger partial charge in [0, 0.05) is 13.1 Å². The van der Waals surface area contributed by atoms with E-state index in [9.17, 15) is 13.2 Å². The molecular formula is C13H18N2O3S. The van der Waals surface area contributed by atoms with Crippen LogP contribution in [0.1, 0.15) is 19.3 Å². The van der Waals surface area contributed by atoms with E-state index < -0.39 is 10.0 Å². The Kier molecular flexibility index (Phi) is 4.55. The third kappa shape index (κ3) is 3.13. The fourth-order valence-electron chi connectivity index (χ4n) is 2.23. The van der Waals surface area contributed by atoms with Crippen LogP contribution < -0.4 is 5.32 Å². The maximum Gasteiger partial charge on any atom is 0.245 e. The number of sulfonamides is 1. The van der Waals surface area contributed by atoms with Crippen molar-refractivity contribution in [3.63, 3.8) is 0 Å². The van der Waals surface area contributed by atoms with Gasteiger partial charge >= 0.3 is 0 Å². The average Bonchev–Trinajstić information content (AvgIpc) is 2.46. The SMILES string of the molecule is O=CCNc1ccccc1S(=O)(=O)N1CCCCC1. The van der Waals surface area contributed by atoms with Crippen LogP contribution in [0.25, 0.3) is 0 Å². The molecule has 1 heterocycles. The number of anilines is 1. The lowest BCUT2D eigenvalue weighted by Crippen LogP contribution is -2.36. The molecule has 0 spiro atoms. The number of para-hydroxylation sites is 1. The Morgan fingerprint density at radius 1 is 1.16 bits per heavy atom. The van der Waals surface area contributed by atoms with Crippen molar-refractivity contribution in [1.29, 1.82) is 0 Å². The molecule has 5 nitrogen and oxygen atoms in total. The Morgan fingerprint density at radius 3 is 2.53 bits per heavy atom. The van der Waals surface area contributed by atoms with Crippen LogP contribution in [0.3, 0.4) is 0 Å². The van der Waals surface area contributed by atoms with Gasteiger partial charge in [-0.25, -0.2) is 8.42 Å². The summed E-state index contributed by atoms with van der Waals surface area (Å²) in [6.45, 7) is 1.25. The Hall–Kier alpha value is -1.40. The van der Waals surface area contributed by atoms with E-state index >= 15 is 0 Å². The molecule has 0 radical (unpaired) electrons. The minimum atomic E-state index is -3.47. The zero-order valence-electron chi connectivity index (χ0n) is 10.7. The number of benzene rings is 1. The molecule has 2 rings (SSSR count). The minimum Gasteiger partial charge on any atom is -0.377 e. The van der Waals surface area contributed by atoms with Crippen LogP contribution in [0.4, 0.5) is 5.69 Å². The fourth-order valence-corrected chi connectivity index (χ4v) is 3.92. The van der Waals surface area contributed by atoms with Crippen molar-refractivity contribution < 1.29 is 13.2 Å². The van der Waals surface area contributed by atoms with Crippen molar-refractivity contribution in [1.82, 2.24) is 4.31 Å². The van der Waals surface area contributed by atoms with E-state index in [4.69, 9.17) is 0 Å². The van der Waals surface area contributed by atoms with Gasteiger partial charge in [0.1, 0.15) is 11.2 Å². The topological polar surface area (TPSA) is 66.5 Å². The first kappa shape index (κ1) is 14.0. The Labute approximate surface area is 113 Å². The predicted molar refractivity (Wildman–Crippen MR) is 73.6 cm³/mol. The molecule has 19 heavy (non-hydrogen) atoms. The zero-order valence-corrected chi connectivity index (χ0v) is 11.5. The second kappa shape index (κ2) is 6.16. The first-order valence-corrected chi connectivity index (χ1v) is 7.87. The number of nitrogens with zero attached hydrogens (tertiary/aromatic N) is 1. The van der Waals surface area contributed by atoms with E-state index in [0.29, 0.717) is 25.1 Å². The van der Waals surface area contributed by atoms with Crippen LogP contribution in [-0.4, -0.2) is 38.6 Å². The van der Waals surface area contributed by atoms with E-state index in [1.165, 1.54) is 4.31 Å². The Morgan fingerprint density at radius 2 is 1.84 bits per heavy atom. The van der Waals surface area contributed by atoms with Gasteiger partial charge in [-0.15, -0.1) is 0 Å². The van der Waals surface area contributed by atoms with Crippen LogP contribution in [0, 0.1) is 0 Å². The van der Waals surface area contributed by atoms with E-state index in [0.717, 1.165) is 19.3 Å². The number of hydrogen-bond acceptors (Lipinski definition) is 4. The first-order valence-electron chi connectivity index (χ1n) is 6.43. The lowest BCUT2D eigenvalue weighted by Gasteiger charge is -2.26. The summed E-state index contributed by atoms with van der Waals surface area (Å²) in [6.07, 6.45) is 3.60. The molecule has 0 amide bonds. The number of rotatable bonds is 5. The number of carbonyl (C=O) groups is 1. The van der Waals surface area contributed by atoms with Gasteiger partial charge in [-0.05, 0) is 25.0 Å². The molecule has 0 bridgehead atoms. The van der Waals surface area contributed by atoms with Gasteiger partial charge in [0.2, 0.25) is 10.0 Å². The molecule has 1 aromatic rings. The van der Waals surface area contributed by atoms with Crippen molar-refractivity contribution in [2.75, 3.05) is 25.0 Å². The molecule has 1 aliphatic heterocycles. The predicted octanol–water partition coefficient (Wildman–Crippen LogP) is 1.47. The van der Waals surface area contributed by atoms with Crippen molar-refractivity contribution in [3.05, 3.63) is 24.3 Å². The summed E-state index contributed by atoms with van der Waals surface area (Å²) >= 11 is 0. The normalized spacial score (nSPS) is 17.1. The summed E-state index contributed by atoms with van der Waals surface area (Å²) in [5.74, 6) is 0. The van der Waals surface area contributed by atoms with E-state index in [2.05, 4.69) is 5.32 Å². The second-order valence-electron chi connectivity index (χ2n) is 4.51. The lowest BCUT2D eigenvalue weighted by atomic mass is 10.2. The largest absolute Gasteiger partial charge is 0.377 e. The molecule has 6 heteroatoms. The van der Waals surface area contributed by atoms with Gasteiger partial charge in [-0.3, -0.25) is 0 Å². The van der Waals surface area contributed by atoms with Crippen LogP contribution in [0.2, 0.25) is 0 Å². The molecule has 1 N–H and O–H groups in total. The van der Waals surface area contributed by atoms with Gasteiger partial charge in [0.25, 0.3) is 0 Å². The van der Waals surface area contributed by atoms with E-state index in [1.807, 2.05) is 0 Å². The number of nitrogens with one attached hydrogen (secondary N) is 1. The minimum absolute atomic E-state index is 0.104. The Bertz CT molecular complexity index is 537. The van der Waals surface area contributed by atoms with Crippen molar-refractivity contribution in [3.8, 4) is 0 Å². The van der Waals surface area contributed by atoms with E-state index in [-0.39, 0.29) is 11.4 Å². The molecule has 0 aliphatic carbocycles. The number of hydrogen-bond donors (Lipinski definition) is 1. The molecule has 0 unspecified atom stereocenters. The van der Waals surface area contributed by atoms with Crippen LogP contribution in [0.5, 0.6) is 0 Å². The summed E-state index contributed by atoms with van der Waals surface area (Å²) < 4.78 is 26.7. The number of carbonyl (C=O) groups excluding carboxylic acids is 1. The molecule has 104 valence electrons. The van der Waals surface area contributed by atoms with Gasteiger partial charge in [0.05, 0.1) is 12.2 Å². The standard InChI is InChI=1S/C13H18N2O3S/c16-11-8-14-12-6-2-3-7-13(12)19(17,18)15-9-4-1-5-10-15/h2-3,6-7,11,14H,1,4-5,8-10H2. The molecule has 0 atom stereocenters. The fraction of sp³-hybridized carbons (Fsp3) is 0.462. The summed E-state index contributed by atoms with van der Waals surface area (Å²) in [5.41, 5.74) is 0.486. The number of aldehydes is 1. The van der Waals surface area contributed by atoms with Gasteiger partial charge in [0.15, 0.2) is 0 Å². The van der Waals surface area contributed by atoms with Crippen molar-refractivity contribution in [2.45, 2.75) is 24.2 Å². The Balaban J connectivity index is 2.31. The van der Waals surface area contributed by atoms with E-state index in [1.54, 1.807) is 24.3 Å². The lowest BCUT2D eigenvalue weighted by molar-refractivity contribution is -0.106. The number of piperidine rings is 1. The second-order valence-corrected chi connectivity index (χ2v) is 6.41. The molecule has 0 saturated carbocycles. The molecular weight excluding hydrogens is 264 g/mol. The van der Waals surface area contributed by atoms with Crippen LogP contribution >= 0.6 is 0 Å². The van der Waals surface area contributed by atoms with Gasteiger partial charge < -0.3 is 10.1 Å². The summed E-state index contributed by atoms with van der Waals surface area (Å²) in [6, 6.07) is 6.71. The average molecular weight is 282 g/mol. The van der Waals surface area contributed by atoms with Crippen molar-refractivity contribution >= 4 is 22.0 Å². The maximum absolute atomic E-state index is 12.6. The summed E-state index contributed by atoms with van der Waals surface area (Å²) in [5, 5.41) is 2.83. The molecule has 1 saturated heterocycles. The first-order chi connectivity index (χ1) is 9.16. The van der Waals surface area contributed by atoms with Crippen LogP contribution in [-0.2, 0) is 14.8 Å². The van der Waals surface area contributed by atoms with Crippen LogP contribution in [0.15, 0.2) is 29.2 Å². The molecule has 1 aromatic carbocycles. The van der Waals surface area contributed by atoms with Gasteiger partial charge in [-0.1, -0.05) is 18.6 Å². The molecule has 1 aliphatic rings. The highest BCUT2D eigenvalue weighted by molar-refractivity contribution is 7.89. The third-order valence-corrected chi connectivity index (χ3v) is 5.15. The third-order valence-electron chi connectivity index (χ3n) is 3.20.